The second kappa shape index (κ2) is 11.6. The first-order valence-corrected chi connectivity index (χ1v) is 11.9. The van der Waals surface area contributed by atoms with E-state index in [0.29, 0.717) is 29.4 Å². The number of thioether (sulfide) groups is 1. The summed E-state index contributed by atoms with van der Waals surface area (Å²) in [5.41, 5.74) is 3.11. The van der Waals surface area contributed by atoms with Crippen molar-refractivity contribution in [1.29, 1.82) is 0 Å². The smallest absolute Gasteiger partial charge is 0.387 e. The predicted molar refractivity (Wildman–Crippen MR) is 132 cm³/mol. The number of carbonyl (C=O) groups is 1. The fourth-order valence-corrected chi connectivity index (χ4v) is 4.35. The van der Waals surface area contributed by atoms with Gasteiger partial charge in [-0.2, -0.15) is 8.78 Å². The molecule has 0 spiro atoms. The van der Waals surface area contributed by atoms with Crippen molar-refractivity contribution in [2.45, 2.75) is 31.7 Å². The Morgan fingerprint density at radius 3 is 2.37 bits per heavy atom. The monoisotopic (exact) mass is 494 g/mol. The van der Waals surface area contributed by atoms with Crippen LogP contribution in [0.25, 0.3) is 0 Å². The topological polar surface area (TPSA) is 69.0 Å². The van der Waals surface area contributed by atoms with Gasteiger partial charge in [0.25, 0.3) is 0 Å². The Hall–Kier alpha value is -3.72. The summed E-state index contributed by atoms with van der Waals surface area (Å²) in [6, 6.07) is 24.1. The van der Waals surface area contributed by atoms with E-state index in [0.717, 1.165) is 17.0 Å². The molecule has 1 amide bonds. The minimum atomic E-state index is -2.93. The fraction of sp³-hybridized carbons (Fsp3) is 0.192. The standard InChI is InChI=1S/C26H24F2N4O2S/c1-18-30-31-26(32(18)16-20-10-6-3-7-11-20)35-17-24(33)29-22-12-13-23(34-25(27)28)21(15-22)14-19-8-4-2-5-9-19/h2-13,15,25H,14,16-17H2,1H3,(H,29,33). The number of hydrogen-bond donors (Lipinski definition) is 1. The minimum Gasteiger partial charge on any atom is -0.435 e. The Kier molecular flexibility index (Phi) is 8.10. The molecule has 0 aliphatic rings. The van der Waals surface area contributed by atoms with Gasteiger partial charge in [0.05, 0.1) is 12.3 Å². The molecule has 0 fully saturated rings. The average Bonchev–Trinajstić information content (AvgIpc) is 3.19. The third kappa shape index (κ3) is 6.89. The first kappa shape index (κ1) is 24.4. The lowest BCUT2D eigenvalue weighted by Gasteiger charge is -2.14. The zero-order valence-corrected chi connectivity index (χ0v) is 19.8. The molecule has 4 aromatic rings. The van der Waals surface area contributed by atoms with E-state index in [4.69, 9.17) is 0 Å². The maximum absolute atomic E-state index is 12.9. The van der Waals surface area contributed by atoms with E-state index >= 15 is 0 Å². The highest BCUT2D eigenvalue weighted by Crippen LogP contribution is 2.27. The molecule has 1 N–H and O–H groups in total. The molecule has 0 saturated carbocycles. The first-order chi connectivity index (χ1) is 17.0. The number of halogens is 2. The van der Waals surface area contributed by atoms with E-state index in [9.17, 15) is 13.6 Å². The highest BCUT2D eigenvalue weighted by atomic mass is 32.2. The summed E-state index contributed by atoms with van der Waals surface area (Å²) in [7, 11) is 0. The summed E-state index contributed by atoms with van der Waals surface area (Å²) in [6.45, 7) is -0.451. The molecule has 1 heterocycles. The van der Waals surface area contributed by atoms with Crippen LogP contribution in [0.3, 0.4) is 0 Å². The lowest BCUT2D eigenvalue weighted by atomic mass is 10.0. The van der Waals surface area contributed by atoms with Crippen LogP contribution in [-0.2, 0) is 17.8 Å². The van der Waals surface area contributed by atoms with Crippen LogP contribution in [0.1, 0.15) is 22.5 Å². The van der Waals surface area contributed by atoms with E-state index in [1.165, 1.54) is 17.8 Å². The lowest BCUT2D eigenvalue weighted by Crippen LogP contribution is -2.15. The van der Waals surface area contributed by atoms with Gasteiger partial charge < -0.3 is 14.6 Å². The van der Waals surface area contributed by atoms with Crippen molar-refractivity contribution in [2.24, 2.45) is 0 Å². The number of hydrogen-bond acceptors (Lipinski definition) is 5. The van der Waals surface area contributed by atoms with E-state index in [1.54, 1.807) is 12.1 Å². The molecular formula is C26H24F2N4O2S. The number of benzene rings is 3. The molecule has 0 bridgehead atoms. The summed E-state index contributed by atoms with van der Waals surface area (Å²) in [5.74, 6) is 0.726. The second-order valence-electron chi connectivity index (χ2n) is 7.80. The number of aryl methyl sites for hydroxylation is 1. The lowest BCUT2D eigenvalue weighted by molar-refractivity contribution is -0.113. The molecule has 0 aliphatic carbocycles. The van der Waals surface area contributed by atoms with Gasteiger partial charge in [0.2, 0.25) is 5.91 Å². The molecule has 0 aliphatic heterocycles. The molecule has 6 nitrogen and oxygen atoms in total. The van der Waals surface area contributed by atoms with Crippen LogP contribution < -0.4 is 10.1 Å². The Morgan fingerprint density at radius 1 is 1.00 bits per heavy atom. The third-order valence-corrected chi connectivity index (χ3v) is 6.18. The number of alkyl halides is 2. The molecule has 9 heteroatoms. The summed E-state index contributed by atoms with van der Waals surface area (Å²) < 4.78 is 32.4. The van der Waals surface area contributed by atoms with Gasteiger partial charge in [0.1, 0.15) is 11.6 Å². The predicted octanol–water partition coefficient (Wildman–Crippen LogP) is 5.56. The Bertz CT molecular complexity index is 1270. The van der Waals surface area contributed by atoms with Crippen molar-refractivity contribution in [2.75, 3.05) is 11.1 Å². The van der Waals surface area contributed by atoms with E-state index < -0.39 is 6.61 Å². The summed E-state index contributed by atoms with van der Waals surface area (Å²) in [4.78, 5) is 12.7. The Labute approximate surface area is 206 Å². The summed E-state index contributed by atoms with van der Waals surface area (Å²) in [5, 5.41) is 11.8. The van der Waals surface area contributed by atoms with Crippen LogP contribution in [0.5, 0.6) is 5.75 Å². The van der Waals surface area contributed by atoms with Gasteiger partial charge in [-0.05, 0) is 36.2 Å². The van der Waals surface area contributed by atoms with Gasteiger partial charge in [-0.1, -0.05) is 72.4 Å². The molecule has 0 unspecified atom stereocenters. The number of ether oxygens (including phenoxy) is 1. The number of nitrogens with one attached hydrogen (secondary N) is 1. The minimum absolute atomic E-state index is 0.0840. The van der Waals surface area contributed by atoms with Crippen molar-refractivity contribution < 1.29 is 18.3 Å². The van der Waals surface area contributed by atoms with Gasteiger partial charge in [0, 0.05) is 17.7 Å². The number of rotatable bonds is 10. The third-order valence-electron chi connectivity index (χ3n) is 5.22. The maximum Gasteiger partial charge on any atom is 0.387 e. The van der Waals surface area contributed by atoms with Crippen LogP contribution in [0.4, 0.5) is 14.5 Å². The van der Waals surface area contributed by atoms with Crippen molar-refractivity contribution in [1.82, 2.24) is 14.8 Å². The maximum atomic E-state index is 12.9. The van der Waals surface area contributed by atoms with Crippen LogP contribution in [0.15, 0.2) is 84.0 Å². The second-order valence-corrected chi connectivity index (χ2v) is 8.74. The average molecular weight is 495 g/mol. The number of amides is 1. The SMILES string of the molecule is Cc1nnc(SCC(=O)Nc2ccc(OC(F)F)c(Cc3ccccc3)c2)n1Cc1ccccc1. The summed E-state index contributed by atoms with van der Waals surface area (Å²) in [6.07, 6.45) is 0.392. The summed E-state index contributed by atoms with van der Waals surface area (Å²) >= 11 is 1.29. The highest BCUT2D eigenvalue weighted by molar-refractivity contribution is 7.99. The van der Waals surface area contributed by atoms with Gasteiger partial charge in [-0.3, -0.25) is 4.79 Å². The fourth-order valence-electron chi connectivity index (χ4n) is 3.57. The van der Waals surface area contributed by atoms with Crippen LogP contribution in [0.2, 0.25) is 0 Å². The number of nitrogens with zero attached hydrogens (tertiary/aromatic N) is 3. The van der Waals surface area contributed by atoms with Gasteiger partial charge in [0.15, 0.2) is 5.16 Å². The van der Waals surface area contributed by atoms with Crippen LogP contribution in [0, 0.1) is 6.92 Å². The van der Waals surface area contributed by atoms with Crippen LogP contribution in [-0.4, -0.2) is 33.0 Å². The van der Waals surface area contributed by atoms with E-state index in [-0.39, 0.29) is 17.4 Å². The Balaban J connectivity index is 1.42. The van der Waals surface area contributed by atoms with E-state index in [2.05, 4.69) is 20.3 Å². The zero-order chi connectivity index (χ0) is 24.6. The molecule has 1 aromatic heterocycles. The van der Waals surface area contributed by atoms with E-state index in [1.807, 2.05) is 72.2 Å². The quantitative estimate of drug-likeness (QED) is 0.293. The molecule has 180 valence electrons. The molecule has 0 saturated heterocycles. The Morgan fingerprint density at radius 2 is 1.69 bits per heavy atom. The van der Waals surface area contributed by atoms with Gasteiger partial charge in [-0.25, -0.2) is 0 Å². The van der Waals surface area contributed by atoms with Crippen LogP contribution >= 0.6 is 11.8 Å². The normalized spacial score (nSPS) is 11.0. The first-order valence-electron chi connectivity index (χ1n) is 11.0. The molecule has 35 heavy (non-hydrogen) atoms. The zero-order valence-electron chi connectivity index (χ0n) is 19.0. The highest BCUT2D eigenvalue weighted by Gasteiger charge is 2.15. The number of aromatic nitrogens is 3. The van der Waals surface area contributed by atoms with Crippen molar-refractivity contribution in [3.8, 4) is 5.75 Å². The number of carbonyl (C=O) groups excluding carboxylic acids is 1. The number of anilines is 1. The molecule has 0 radical (unpaired) electrons. The molecular weight excluding hydrogens is 470 g/mol. The van der Waals surface area contributed by atoms with Gasteiger partial charge >= 0.3 is 6.61 Å². The largest absolute Gasteiger partial charge is 0.435 e. The van der Waals surface area contributed by atoms with Crippen molar-refractivity contribution >= 4 is 23.4 Å². The van der Waals surface area contributed by atoms with Crippen molar-refractivity contribution in [3.05, 3.63) is 101 Å². The molecule has 0 atom stereocenters. The molecule has 4 rings (SSSR count). The molecule has 3 aromatic carbocycles. The van der Waals surface area contributed by atoms with Crippen molar-refractivity contribution in [3.63, 3.8) is 0 Å². The van der Waals surface area contributed by atoms with Gasteiger partial charge in [-0.15, -0.1) is 10.2 Å².